The molecule has 2 fully saturated rings. The molecule has 1 saturated heterocycles. The highest BCUT2D eigenvalue weighted by molar-refractivity contribution is 5.82. The van der Waals surface area contributed by atoms with Gasteiger partial charge in [0.2, 0.25) is 5.91 Å². The van der Waals surface area contributed by atoms with Crippen LogP contribution in [0.4, 0.5) is 0 Å². The van der Waals surface area contributed by atoms with Crippen LogP contribution < -0.4 is 5.73 Å². The zero-order chi connectivity index (χ0) is 11.5. The van der Waals surface area contributed by atoms with Gasteiger partial charge in [0.15, 0.2) is 0 Å². The largest absolute Gasteiger partial charge is 0.378 e. The van der Waals surface area contributed by atoms with Crippen LogP contribution in [0.1, 0.15) is 32.1 Å². The number of nitrogens with two attached hydrogens (primary N) is 1. The van der Waals surface area contributed by atoms with Gasteiger partial charge in [-0.1, -0.05) is 19.3 Å². The van der Waals surface area contributed by atoms with Gasteiger partial charge in [0, 0.05) is 20.2 Å². The van der Waals surface area contributed by atoms with Gasteiger partial charge < -0.3 is 15.4 Å². The van der Waals surface area contributed by atoms with Crippen LogP contribution in [0, 0.1) is 5.92 Å². The number of likely N-dealkylation sites (tertiary alicyclic amines) is 1. The number of carbonyl (C=O) groups excluding carboxylic acids is 1. The zero-order valence-electron chi connectivity index (χ0n) is 10.0. The normalized spacial score (nSPS) is 25.2. The van der Waals surface area contributed by atoms with Crippen LogP contribution in [0.3, 0.4) is 0 Å². The Morgan fingerprint density at radius 2 is 1.94 bits per heavy atom. The summed E-state index contributed by atoms with van der Waals surface area (Å²) in [4.78, 5) is 13.9. The monoisotopic (exact) mass is 226 g/mol. The third-order valence-corrected chi connectivity index (χ3v) is 3.94. The number of carbonyl (C=O) groups is 1. The Bertz CT molecular complexity index is 245. The summed E-state index contributed by atoms with van der Waals surface area (Å²) >= 11 is 0. The first kappa shape index (κ1) is 11.9. The molecule has 2 N–H and O–H groups in total. The van der Waals surface area contributed by atoms with Crippen molar-refractivity contribution in [2.45, 2.75) is 44.2 Å². The van der Waals surface area contributed by atoms with Gasteiger partial charge in [0.05, 0.1) is 12.1 Å². The molecule has 1 atom stereocenters. The van der Waals surface area contributed by atoms with Crippen LogP contribution in [-0.4, -0.2) is 43.2 Å². The van der Waals surface area contributed by atoms with E-state index in [0.29, 0.717) is 5.92 Å². The van der Waals surface area contributed by atoms with Crippen LogP contribution in [0.5, 0.6) is 0 Å². The fourth-order valence-corrected chi connectivity index (χ4v) is 2.67. The first-order valence-electron chi connectivity index (χ1n) is 6.29. The molecule has 4 heteroatoms. The van der Waals surface area contributed by atoms with E-state index < -0.39 is 0 Å². The van der Waals surface area contributed by atoms with Crippen LogP contribution in [0.15, 0.2) is 0 Å². The van der Waals surface area contributed by atoms with E-state index in [9.17, 15) is 4.79 Å². The first-order chi connectivity index (χ1) is 7.72. The molecule has 0 unspecified atom stereocenters. The number of amides is 1. The lowest BCUT2D eigenvalue weighted by atomic mass is 9.83. The maximum absolute atomic E-state index is 12.0. The second kappa shape index (κ2) is 5.15. The van der Waals surface area contributed by atoms with Gasteiger partial charge in [0.1, 0.15) is 0 Å². The van der Waals surface area contributed by atoms with E-state index in [0.717, 1.165) is 25.9 Å². The highest BCUT2D eigenvalue weighted by Gasteiger charge is 2.36. The Morgan fingerprint density at radius 1 is 1.31 bits per heavy atom. The van der Waals surface area contributed by atoms with E-state index in [-0.39, 0.29) is 18.1 Å². The van der Waals surface area contributed by atoms with Crippen molar-refractivity contribution in [1.82, 2.24) is 4.90 Å². The summed E-state index contributed by atoms with van der Waals surface area (Å²) in [7, 11) is 1.69. The number of rotatable bonds is 3. The van der Waals surface area contributed by atoms with E-state index in [4.69, 9.17) is 10.5 Å². The summed E-state index contributed by atoms with van der Waals surface area (Å²) in [6, 6.07) is -0.280. The summed E-state index contributed by atoms with van der Waals surface area (Å²) in [6.07, 6.45) is 6.22. The first-order valence-corrected chi connectivity index (χ1v) is 6.29. The summed E-state index contributed by atoms with van der Waals surface area (Å²) in [6.45, 7) is 1.44. The Morgan fingerprint density at radius 3 is 2.50 bits per heavy atom. The molecule has 16 heavy (non-hydrogen) atoms. The molecule has 1 aliphatic heterocycles. The third-order valence-electron chi connectivity index (χ3n) is 3.94. The van der Waals surface area contributed by atoms with Gasteiger partial charge in [-0.25, -0.2) is 0 Å². The summed E-state index contributed by atoms with van der Waals surface area (Å²) in [5.74, 6) is 0.531. The topological polar surface area (TPSA) is 55.6 Å². The average molecular weight is 226 g/mol. The molecule has 4 nitrogen and oxygen atoms in total. The van der Waals surface area contributed by atoms with Crippen LogP contribution in [-0.2, 0) is 9.53 Å². The van der Waals surface area contributed by atoms with Crippen molar-refractivity contribution in [3.8, 4) is 0 Å². The Balaban J connectivity index is 1.80. The SMILES string of the molecule is COC1CN(C(=O)[C@@H](N)C2CCCCC2)C1. The molecule has 0 bridgehead atoms. The fraction of sp³-hybridized carbons (Fsp3) is 0.917. The molecule has 0 radical (unpaired) electrons. The van der Waals surface area contributed by atoms with Gasteiger partial charge in [0.25, 0.3) is 0 Å². The minimum atomic E-state index is -0.280. The third kappa shape index (κ3) is 2.38. The van der Waals surface area contributed by atoms with E-state index in [1.165, 1.54) is 19.3 Å². The number of hydrogen-bond acceptors (Lipinski definition) is 3. The summed E-state index contributed by atoms with van der Waals surface area (Å²) in [5.41, 5.74) is 6.06. The number of hydrogen-bond donors (Lipinski definition) is 1. The summed E-state index contributed by atoms with van der Waals surface area (Å²) in [5, 5.41) is 0. The van der Waals surface area contributed by atoms with Crippen LogP contribution >= 0.6 is 0 Å². The van der Waals surface area contributed by atoms with Gasteiger partial charge in [-0.3, -0.25) is 4.79 Å². The molecular formula is C12H22N2O2. The second-order valence-corrected chi connectivity index (χ2v) is 5.02. The van der Waals surface area contributed by atoms with Crippen molar-refractivity contribution in [3.63, 3.8) is 0 Å². The maximum atomic E-state index is 12.0. The van der Waals surface area contributed by atoms with Crippen molar-refractivity contribution in [1.29, 1.82) is 0 Å². The Kier molecular flexibility index (Phi) is 3.82. The van der Waals surface area contributed by atoms with Gasteiger partial charge >= 0.3 is 0 Å². The van der Waals surface area contributed by atoms with Crippen molar-refractivity contribution in [3.05, 3.63) is 0 Å². The van der Waals surface area contributed by atoms with Crippen molar-refractivity contribution < 1.29 is 9.53 Å². The predicted molar refractivity (Wildman–Crippen MR) is 61.9 cm³/mol. The fourth-order valence-electron chi connectivity index (χ4n) is 2.67. The highest BCUT2D eigenvalue weighted by atomic mass is 16.5. The summed E-state index contributed by atoms with van der Waals surface area (Å²) < 4.78 is 5.16. The minimum Gasteiger partial charge on any atom is -0.378 e. The Hall–Kier alpha value is -0.610. The molecule has 0 spiro atoms. The molecule has 2 rings (SSSR count). The number of ether oxygens (including phenoxy) is 1. The molecule has 0 aromatic carbocycles. The maximum Gasteiger partial charge on any atom is 0.239 e. The lowest BCUT2D eigenvalue weighted by Gasteiger charge is -2.41. The molecule has 1 aliphatic carbocycles. The molecule has 1 heterocycles. The molecule has 2 aliphatic rings. The number of nitrogens with zero attached hydrogens (tertiary/aromatic N) is 1. The standard InChI is InChI=1S/C12H22N2O2/c1-16-10-7-14(8-10)12(15)11(13)9-5-3-2-4-6-9/h9-11H,2-8,13H2,1H3/t11-/m0/s1. The lowest BCUT2D eigenvalue weighted by Crippen LogP contribution is -2.59. The average Bonchev–Trinajstić information content (AvgIpc) is 2.27. The smallest absolute Gasteiger partial charge is 0.239 e. The quantitative estimate of drug-likeness (QED) is 0.772. The van der Waals surface area contributed by atoms with E-state index in [2.05, 4.69) is 0 Å². The van der Waals surface area contributed by atoms with Crippen LogP contribution in [0.25, 0.3) is 0 Å². The van der Waals surface area contributed by atoms with Crippen molar-refractivity contribution >= 4 is 5.91 Å². The minimum absolute atomic E-state index is 0.125. The predicted octanol–water partition coefficient (Wildman–Crippen LogP) is 0.751. The molecule has 0 aromatic heterocycles. The van der Waals surface area contributed by atoms with Gasteiger partial charge in [-0.15, -0.1) is 0 Å². The second-order valence-electron chi connectivity index (χ2n) is 5.02. The zero-order valence-corrected chi connectivity index (χ0v) is 10.0. The van der Waals surface area contributed by atoms with Crippen molar-refractivity contribution in [2.24, 2.45) is 11.7 Å². The van der Waals surface area contributed by atoms with Gasteiger partial charge in [-0.05, 0) is 18.8 Å². The molecular weight excluding hydrogens is 204 g/mol. The van der Waals surface area contributed by atoms with E-state index in [1.54, 1.807) is 7.11 Å². The van der Waals surface area contributed by atoms with E-state index >= 15 is 0 Å². The molecule has 0 aromatic rings. The molecule has 1 saturated carbocycles. The van der Waals surface area contributed by atoms with Gasteiger partial charge in [-0.2, -0.15) is 0 Å². The molecule has 92 valence electrons. The highest BCUT2D eigenvalue weighted by Crippen LogP contribution is 2.27. The Labute approximate surface area is 97.1 Å². The van der Waals surface area contributed by atoms with E-state index in [1.807, 2.05) is 4.90 Å². The molecule has 1 amide bonds. The lowest BCUT2D eigenvalue weighted by molar-refractivity contribution is -0.146. The number of methoxy groups -OCH3 is 1. The van der Waals surface area contributed by atoms with Crippen molar-refractivity contribution in [2.75, 3.05) is 20.2 Å². The van der Waals surface area contributed by atoms with Crippen LogP contribution in [0.2, 0.25) is 0 Å².